The van der Waals surface area contributed by atoms with Crippen molar-refractivity contribution in [1.29, 1.82) is 0 Å². The van der Waals surface area contributed by atoms with Crippen LogP contribution in [0.1, 0.15) is 31.1 Å². The van der Waals surface area contributed by atoms with Gasteiger partial charge in [0.2, 0.25) is 5.43 Å². The van der Waals surface area contributed by atoms with Crippen molar-refractivity contribution in [2.75, 3.05) is 24.6 Å². The van der Waals surface area contributed by atoms with Crippen LogP contribution in [0, 0.1) is 11.6 Å². The summed E-state index contributed by atoms with van der Waals surface area (Å²) in [5, 5.41) is 1.82. The summed E-state index contributed by atoms with van der Waals surface area (Å²) in [5.74, 6) is -2.68. The van der Waals surface area contributed by atoms with Crippen LogP contribution in [0.3, 0.4) is 0 Å². The van der Waals surface area contributed by atoms with E-state index in [4.69, 9.17) is 9.47 Å². The van der Waals surface area contributed by atoms with E-state index in [-0.39, 0.29) is 54.1 Å². The van der Waals surface area contributed by atoms with Crippen LogP contribution < -0.4 is 10.3 Å². The predicted molar refractivity (Wildman–Crippen MR) is 146 cm³/mol. The molecule has 0 N–H and O–H groups in total. The van der Waals surface area contributed by atoms with Crippen molar-refractivity contribution in [3.05, 3.63) is 73.8 Å². The minimum atomic E-state index is -0.908. The Hall–Kier alpha value is -3.15. The highest BCUT2D eigenvalue weighted by Gasteiger charge is 2.30. The zero-order valence-electron chi connectivity index (χ0n) is 20.8. The van der Waals surface area contributed by atoms with Crippen molar-refractivity contribution in [1.82, 2.24) is 9.55 Å². The number of thiazole rings is 1. The molecule has 0 aliphatic carbocycles. The molecule has 38 heavy (non-hydrogen) atoms. The van der Waals surface area contributed by atoms with Gasteiger partial charge in [0.1, 0.15) is 17.1 Å². The largest absolute Gasteiger partial charge is 0.462 e. The number of hydrogen-bond acceptors (Lipinski definition) is 7. The molecule has 0 bridgehead atoms. The van der Waals surface area contributed by atoms with Gasteiger partial charge in [0.15, 0.2) is 10.9 Å². The Balaban J connectivity index is 1.75. The van der Waals surface area contributed by atoms with Crippen molar-refractivity contribution in [3.63, 3.8) is 0 Å². The van der Waals surface area contributed by atoms with Crippen molar-refractivity contribution < 1.29 is 23.0 Å². The maximum atomic E-state index is 16.3. The lowest BCUT2D eigenvalue weighted by Crippen LogP contribution is -2.46. The molecule has 2 aromatic carbocycles. The minimum absolute atomic E-state index is 0.0380. The molecule has 198 valence electrons. The third-order valence-electron chi connectivity index (χ3n) is 6.23. The summed E-state index contributed by atoms with van der Waals surface area (Å²) in [6.45, 7) is 5.87. The normalized spacial score (nSPS) is 17.7. The smallest absolute Gasteiger partial charge is 0.343 e. The van der Waals surface area contributed by atoms with Gasteiger partial charge in [0.25, 0.3) is 0 Å². The molecule has 1 fully saturated rings. The second-order valence-electron chi connectivity index (χ2n) is 9.06. The summed E-state index contributed by atoms with van der Waals surface area (Å²) in [7, 11) is 0. The highest BCUT2D eigenvalue weighted by molar-refractivity contribution is 9.10. The van der Waals surface area contributed by atoms with E-state index in [1.165, 1.54) is 22.1 Å². The fourth-order valence-electron chi connectivity index (χ4n) is 4.69. The summed E-state index contributed by atoms with van der Waals surface area (Å²) >= 11 is 4.61. The van der Waals surface area contributed by atoms with E-state index in [0.29, 0.717) is 10.8 Å². The zero-order chi connectivity index (χ0) is 27.1. The number of fused-ring (bicyclic) bond motifs is 1. The van der Waals surface area contributed by atoms with Crippen LogP contribution in [0.2, 0.25) is 0 Å². The van der Waals surface area contributed by atoms with Gasteiger partial charge in [-0.2, -0.15) is 0 Å². The number of benzene rings is 2. The number of pyridine rings is 1. The number of aromatic nitrogens is 2. The van der Waals surface area contributed by atoms with E-state index in [0.717, 1.165) is 16.1 Å². The molecule has 0 unspecified atom stereocenters. The standard InChI is InChI=1S/C27H24BrF2N3O4S/c1-4-36-26(35)19-12-33(27-31-21(13-38-27)16-5-7-17(28)8-6-16)23-18(25(19)34)9-20(29)24(22(23)30)32-10-14(2)37-15(3)11-32/h5-9,12-15H,4,10-11H2,1-3H3/t14-,15-/m0/s1. The highest BCUT2D eigenvalue weighted by Crippen LogP contribution is 2.34. The van der Waals surface area contributed by atoms with Crippen LogP contribution in [0.25, 0.3) is 27.3 Å². The molecule has 2 atom stereocenters. The van der Waals surface area contributed by atoms with Gasteiger partial charge in [-0.05, 0) is 39.0 Å². The van der Waals surface area contributed by atoms with E-state index in [2.05, 4.69) is 20.9 Å². The van der Waals surface area contributed by atoms with Crippen LogP contribution in [0.5, 0.6) is 0 Å². The molecule has 1 aliphatic rings. The lowest BCUT2D eigenvalue weighted by atomic mass is 10.1. The summed E-state index contributed by atoms with van der Waals surface area (Å²) in [6, 6.07) is 8.50. The number of morpholine rings is 1. The molecule has 5 rings (SSSR count). The topological polar surface area (TPSA) is 73.7 Å². The molecule has 0 radical (unpaired) electrons. The maximum Gasteiger partial charge on any atom is 0.343 e. The Kier molecular flexibility index (Phi) is 7.34. The zero-order valence-corrected chi connectivity index (χ0v) is 23.2. The highest BCUT2D eigenvalue weighted by atomic mass is 79.9. The summed E-state index contributed by atoms with van der Waals surface area (Å²) < 4.78 is 44.8. The molecule has 2 aromatic heterocycles. The van der Waals surface area contributed by atoms with Gasteiger partial charge >= 0.3 is 5.97 Å². The van der Waals surface area contributed by atoms with Crippen LogP contribution in [0.4, 0.5) is 14.5 Å². The molecule has 3 heterocycles. The van der Waals surface area contributed by atoms with E-state index in [9.17, 15) is 9.59 Å². The van der Waals surface area contributed by atoms with E-state index in [1.807, 2.05) is 38.1 Å². The first kappa shape index (κ1) is 26.5. The van der Waals surface area contributed by atoms with Gasteiger partial charge in [0.05, 0.1) is 35.4 Å². The van der Waals surface area contributed by atoms with Crippen molar-refractivity contribution in [3.8, 4) is 16.4 Å². The molecule has 0 amide bonds. The monoisotopic (exact) mass is 603 g/mol. The minimum Gasteiger partial charge on any atom is -0.462 e. The van der Waals surface area contributed by atoms with Gasteiger partial charge in [-0.15, -0.1) is 11.3 Å². The number of carbonyl (C=O) groups is 1. The van der Waals surface area contributed by atoms with Gasteiger partial charge < -0.3 is 14.4 Å². The Morgan fingerprint density at radius 2 is 1.89 bits per heavy atom. The van der Waals surface area contributed by atoms with Gasteiger partial charge in [-0.25, -0.2) is 18.6 Å². The van der Waals surface area contributed by atoms with Crippen molar-refractivity contribution >= 4 is 49.8 Å². The van der Waals surface area contributed by atoms with E-state index in [1.54, 1.807) is 17.2 Å². The first-order valence-electron chi connectivity index (χ1n) is 12.0. The lowest BCUT2D eigenvalue weighted by molar-refractivity contribution is -0.00557. The number of nitrogens with zero attached hydrogens (tertiary/aromatic N) is 3. The molecular weight excluding hydrogens is 580 g/mol. The molecule has 11 heteroatoms. The number of rotatable bonds is 5. The Morgan fingerprint density at radius 3 is 2.55 bits per heavy atom. The molecule has 0 saturated carbocycles. The molecule has 1 aliphatic heterocycles. The third kappa shape index (κ3) is 4.85. The molecule has 1 saturated heterocycles. The first-order chi connectivity index (χ1) is 18.2. The van der Waals surface area contributed by atoms with Crippen LogP contribution in [0.15, 0.2) is 51.2 Å². The Labute approximate surface area is 229 Å². The van der Waals surface area contributed by atoms with Crippen LogP contribution >= 0.6 is 27.3 Å². The number of carbonyl (C=O) groups excluding carboxylic acids is 1. The van der Waals surface area contributed by atoms with Crippen LogP contribution in [-0.4, -0.2) is 47.4 Å². The quantitative estimate of drug-likeness (QED) is 0.263. The molecular formula is C27H24BrF2N3O4S. The Morgan fingerprint density at radius 1 is 1.21 bits per heavy atom. The molecule has 0 spiro atoms. The second kappa shape index (κ2) is 10.5. The van der Waals surface area contributed by atoms with Gasteiger partial charge in [-0.1, -0.05) is 28.1 Å². The predicted octanol–water partition coefficient (Wildman–Crippen LogP) is 5.95. The van der Waals surface area contributed by atoms with Crippen molar-refractivity contribution in [2.24, 2.45) is 0 Å². The fourth-order valence-corrected chi connectivity index (χ4v) is 5.77. The maximum absolute atomic E-state index is 16.3. The number of halogens is 3. The lowest BCUT2D eigenvalue weighted by Gasteiger charge is -2.37. The third-order valence-corrected chi connectivity index (χ3v) is 7.59. The molecule has 7 nitrogen and oxygen atoms in total. The molecule has 4 aromatic rings. The number of ether oxygens (including phenoxy) is 2. The average molecular weight is 604 g/mol. The Bertz CT molecular complexity index is 1580. The fraction of sp³-hybridized carbons (Fsp3) is 0.296. The second-order valence-corrected chi connectivity index (χ2v) is 10.8. The average Bonchev–Trinajstić information content (AvgIpc) is 3.35. The SMILES string of the molecule is CCOC(=O)c1cn(-c2nc(-c3ccc(Br)cc3)cs2)c2c(F)c(N3C[C@H](C)O[C@@H](C)C3)c(F)cc2c1=O. The van der Waals surface area contributed by atoms with Crippen LogP contribution in [-0.2, 0) is 9.47 Å². The van der Waals surface area contributed by atoms with E-state index < -0.39 is 23.0 Å². The van der Waals surface area contributed by atoms with Gasteiger partial charge in [0, 0.05) is 34.7 Å². The summed E-state index contributed by atoms with van der Waals surface area (Å²) in [4.78, 5) is 32.2. The summed E-state index contributed by atoms with van der Waals surface area (Å²) in [5.41, 5.74) is -0.104. The van der Waals surface area contributed by atoms with Gasteiger partial charge in [-0.3, -0.25) is 9.36 Å². The summed E-state index contributed by atoms with van der Waals surface area (Å²) in [6.07, 6.45) is 0.741. The number of esters is 1. The number of anilines is 1. The number of hydrogen-bond donors (Lipinski definition) is 0. The van der Waals surface area contributed by atoms with Crippen molar-refractivity contribution in [2.45, 2.75) is 33.0 Å². The first-order valence-corrected chi connectivity index (χ1v) is 13.7. The van der Waals surface area contributed by atoms with E-state index >= 15 is 8.78 Å².